The molecular weight excluding hydrogens is 282 g/mol. The Morgan fingerprint density at radius 2 is 1.83 bits per heavy atom. The first-order valence-corrected chi connectivity index (χ1v) is 8.00. The Balaban J connectivity index is 2.07. The van der Waals surface area contributed by atoms with Gasteiger partial charge in [0.05, 0.1) is 5.71 Å². The molecule has 0 amide bonds. The summed E-state index contributed by atoms with van der Waals surface area (Å²) in [6.07, 6.45) is 0.996. The van der Waals surface area contributed by atoms with E-state index in [9.17, 15) is 0 Å². The molecule has 0 spiro atoms. The van der Waals surface area contributed by atoms with Gasteiger partial charge in [-0.1, -0.05) is 54.1 Å². The second-order valence-electron chi connectivity index (χ2n) is 6.35. The van der Waals surface area contributed by atoms with Gasteiger partial charge in [-0.3, -0.25) is 0 Å². The number of hydrogen-bond donors (Lipinski definition) is 0. The van der Waals surface area contributed by atoms with E-state index in [-0.39, 0.29) is 5.92 Å². The van der Waals surface area contributed by atoms with E-state index in [0.29, 0.717) is 0 Å². The lowest BCUT2D eigenvalue weighted by atomic mass is 9.95. The van der Waals surface area contributed by atoms with Crippen LogP contribution in [0.5, 0.6) is 0 Å². The summed E-state index contributed by atoms with van der Waals surface area (Å²) in [5.41, 5.74) is 6.28. The van der Waals surface area contributed by atoms with Crippen LogP contribution < -0.4 is 0 Å². The van der Waals surface area contributed by atoms with Crippen molar-refractivity contribution in [1.29, 1.82) is 0 Å². The highest BCUT2D eigenvalue weighted by molar-refractivity contribution is 6.09. The largest absolute Gasteiger partial charge is 0.365 e. The Hall–Kier alpha value is -2.42. The van der Waals surface area contributed by atoms with Crippen molar-refractivity contribution in [3.8, 4) is 0 Å². The van der Waals surface area contributed by atoms with Crippen molar-refractivity contribution < 1.29 is 0 Å². The lowest BCUT2D eigenvalue weighted by Gasteiger charge is -2.12. The van der Waals surface area contributed by atoms with Gasteiger partial charge < -0.3 is 4.90 Å². The van der Waals surface area contributed by atoms with E-state index >= 15 is 0 Å². The summed E-state index contributed by atoms with van der Waals surface area (Å²) in [5, 5.41) is 9.07. The summed E-state index contributed by atoms with van der Waals surface area (Å²) in [5.74, 6) is 1.19. The molecule has 0 bridgehead atoms. The molecule has 1 atom stereocenters. The van der Waals surface area contributed by atoms with E-state index in [0.717, 1.165) is 18.0 Å². The van der Waals surface area contributed by atoms with Crippen molar-refractivity contribution in [2.45, 2.75) is 26.2 Å². The normalized spacial score (nSPS) is 19.0. The lowest BCUT2D eigenvalue weighted by molar-refractivity contribution is 0.615. The average Bonchev–Trinajstić information content (AvgIpc) is 2.90. The van der Waals surface area contributed by atoms with Crippen LogP contribution in [-0.4, -0.2) is 30.5 Å². The van der Waals surface area contributed by atoms with Gasteiger partial charge in [-0.05, 0) is 31.4 Å². The van der Waals surface area contributed by atoms with Gasteiger partial charge in [-0.15, -0.1) is 5.10 Å². The summed E-state index contributed by atoms with van der Waals surface area (Å²) in [7, 11) is 3.97. The van der Waals surface area contributed by atoms with Crippen molar-refractivity contribution in [2.75, 3.05) is 14.1 Å². The molecule has 0 radical (unpaired) electrons. The number of benzene rings is 2. The number of hydrogen-bond acceptors (Lipinski definition) is 2. The zero-order valence-electron chi connectivity index (χ0n) is 14.2. The summed E-state index contributed by atoms with van der Waals surface area (Å²) < 4.78 is 0. The van der Waals surface area contributed by atoms with Crippen molar-refractivity contribution in [3.63, 3.8) is 0 Å². The van der Waals surface area contributed by atoms with E-state index in [4.69, 9.17) is 0 Å². The lowest BCUT2D eigenvalue weighted by Crippen LogP contribution is -2.18. The van der Waals surface area contributed by atoms with E-state index in [1.807, 2.05) is 25.9 Å². The Morgan fingerprint density at radius 3 is 2.52 bits per heavy atom. The van der Waals surface area contributed by atoms with E-state index in [2.05, 4.69) is 65.7 Å². The number of amidine groups is 1. The molecule has 0 heterocycles. The third-order valence-corrected chi connectivity index (χ3v) is 4.44. The highest BCUT2D eigenvalue weighted by Gasteiger charge is 2.30. The van der Waals surface area contributed by atoms with Crippen molar-refractivity contribution in [3.05, 3.63) is 70.8 Å². The van der Waals surface area contributed by atoms with E-state index in [1.54, 1.807) is 0 Å². The summed E-state index contributed by atoms with van der Waals surface area (Å²) in [4.78, 5) is 1.98. The maximum atomic E-state index is 4.64. The molecule has 3 rings (SSSR count). The zero-order chi connectivity index (χ0) is 16.4. The minimum Gasteiger partial charge on any atom is -0.365 e. The maximum absolute atomic E-state index is 4.64. The molecule has 0 aromatic heterocycles. The molecule has 3 heteroatoms. The number of fused-ring (bicyclic) bond motifs is 1. The number of rotatable bonds is 2. The summed E-state index contributed by atoms with van der Waals surface area (Å²) >= 11 is 0. The van der Waals surface area contributed by atoms with Gasteiger partial charge in [-0.25, -0.2) is 0 Å². The first kappa shape index (κ1) is 15.5. The van der Waals surface area contributed by atoms with Gasteiger partial charge in [0.1, 0.15) is 5.84 Å². The highest BCUT2D eigenvalue weighted by atomic mass is 15.3. The molecule has 23 heavy (non-hydrogen) atoms. The molecule has 118 valence electrons. The van der Waals surface area contributed by atoms with Crippen molar-refractivity contribution in [1.82, 2.24) is 4.90 Å². The quantitative estimate of drug-likeness (QED) is 0.468. The first-order chi connectivity index (χ1) is 11.1. The van der Waals surface area contributed by atoms with Gasteiger partial charge in [0.15, 0.2) is 0 Å². The molecule has 0 saturated carbocycles. The van der Waals surface area contributed by atoms with Gasteiger partial charge in [0, 0.05) is 25.6 Å². The molecule has 0 fully saturated rings. The molecule has 1 unspecified atom stereocenters. The molecule has 0 N–H and O–H groups in total. The Bertz CT molecular complexity index is 758. The van der Waals surface area contributed by atoms with Crippen LogP contribution in [-0.2, 0) is 6.42 Å². The Labute approximate surface area is 138 Å². The summed E-state index contributed by atoms with van der Waals surface area (Å²) in [6, 6.07) is 17.2. The predicted molar refractivity (Wildman–Crippen MR) is 97.4 cm³/mol. The third-order valence-electron chi connectivity index (χ3n) is 4.44. The Morgan fingerprint density at radius 1 is 1.09 bits per heavy atom. The predicted octanol–water partition coefficient (Wildman–Crippen LogP) is 4.02. The van der Waals surface area contributed by atoms with Crippen LogP contribution in [0.15, 0.2) is 58.7 Å². The fourth-order valence-corrected chi connectivity index (χ4v) is 2.95. The minimum atomic E-state index is 0.284. The molecule has 2 aromatic carbocycles. The van der Waals surface area contributed by atoms with Gasteiger partial charge >= 0.3 is 0 Å². The molecule has 1 aliphatic carbocycles. The molecule has 3 nitrogen and oxygen atoms in total. The van der Waals surface area contributed by atoms with Gasteiger partial charge in [0.2, 0.25) is 0 Å². The van der Waals surface area contributed by atoms with E-state index in [1.165, 1.54) is 22.3 Å². The summed E-state index contributed by atoms with van der Waals surface area (Å²) in [6.45, 7) is 4.12. The third kappa shape index (κ3) is 3.19. The average molecular weight is 305 g/mol. The number of nitrogens with zero attached hydrogens (tertiary/aromatic N) is 3. The topological polar surface area (TPSA) is 28.0 Å². The fourth-order valence-electron chi connectivity index (χ4n) is 2.95. The van der Waals surface area contributed by atoms with Crippen molar-refractivity contribution in [2.24, 2.45) is 10.2 Å². The molecule has 2 aromatic rings. The van der Waals surface area contributed by atoms with Crippen LogP contribution >= 0.6 is 0 Å². The second-order valence-corrected chi connectivity index (χ2v) is 6.35. The van der Waals surface area contributed by atoms with Crippen LogP contribution in [0.2, 0.25) is 0 Å². The van der Waals surface area contributed by atoms with Crippen LogP contribution in [0.1, 0.15) is 35.1 Å². The van der Waals surface area contributed by atoms with Crippen LogP contribution in [0.3, 0.4) is 0 Å². The highest BCUT2D eigenvalue weighted by Crippen LogP contribution is 2.35. The first-order valence-electron chi connectivity index (χ1n) is 8.00. The SMILES string of the molecule is C/C(=N\N=C1\c2ccc(C)cc2CC1c1ccccc1)N(C)C. The smallest absolute Gasteiger partial charge is 0.123 e. The Kier molecular flexibility index (Phi) is 4.28. The van der Waals surface area contributed by atoms with Crippen LogP contribution in [0, 0.1) is 6.92 Å². The van der Waals surface area contributed by atoms with E-state index < -0.39 is 0 Å². The molecule has 0 aliphatic heterocycles. The number of aryl methyl sites for hydroxylation is 1. The fraction of sp³-hybridized carbons (Fsp3) is 0.300. The maximum Gasteiger partial charge on any atom is 0.123 e. The van der Waals surface area contributed by atoms with Crippen LogP contribution in [0.4, 0.5) is 0 Å². The second kappa shape index (κ2) is 6.37. The zero-order valence-corrected chi connectivity index (χ0v) is 14.2. The molecule has 0 saturated heterocycles. The molecular formula is C20H23N3. The monoisotopic (exact) mass is 305 g/mol. The standard InChI is InChI=1S/C20H23N3/c1-14-10-11-18-17(12-14)13-19(16-8-6-5-7-9-16)20(18)22-21-15(2)23(3)4/h5-12,19H,13H2,1-4H3/b21-15+,22-20-. The van der Waals surface area contributed by atoms with Gasteiger partial charge in [-0.2, -0.15) is 5.10 Å². The van der Waals surface area contributed by atoms with Crippen LogP contribution in [0.25, 0.3) is 0 Å². The van der Waals surface area contributed by atoms with Gasteiger partial charge in [0.25, 0.3) is 0 Å². The molecule has 1 aliphatic rings. The minimum absolute atomic E-state index is 0.284. The van der Waals surface area contributed by atoms with Crippen molar-refractivity contribution >= 4 is 11.5 Å².